The highest BCUT2D eigenvalue weighted by atomic mass is 16.3. The predicted octanol–water partition coefficient (Wildman–Crippen LogP) is 13.3. The fourth-order valence-corrected chi connectivity index (χ4v) is 9.19. The minimum atomic E-state index is 0.396. The summed E-state index contributed by atoms with van der Waals surface area (Å²) in [5.74, 6) is 0. The van der Waals surface area contributed by atoms with Gasteiger partial charge in [0.1, 0.15) is 17.2 Å². The summed E-state index contributed by atoms with van der Waals surface area (Å²) in [6.45, 7) is 8.51. The average Bonchev–Trinajstić information content (AvgIpc) is 3.99. The summed E-state index contributed by atoms with van der Waals surface area (Å²) >= 11 is 0. The number of aromatic nitrogens is 3. The summed E-state index contributed by atoms with van der Waals surface area (Å²) in [4.78, 5) is 4.11. The maximum Gasteiger partial charge on any atom is 0.214 e. The number of furan rings is 1. The van der Waals surface area contributed by atoms with Gasteiger partial charge in [-0.1, -0.05) is 91.0 Å². The SMILES string of the molecule is [C-]#[N+]c1cc(-n2c3ccc(-n4c5ccccc5c5ccccc54)cc3c3c4oc5ccccc5c4ccc32)cc(C#N)c1-n1c2ccccc2c2ccccc21. The molecule has 0 saturated heterocycles. The normalized spacial score (nSPS) is 11.9. The van der Waals surface area contributed by atoms with Gasteiger partial charge in [-0.3, -0.25) is 0 Å². The quantitative estimate of drug-likeness (QED) is 0.171. The zero-order chi connectivity index (χ0) is 37.1. The van der Waals surface area contributed by atoms with E-state index in [9.17, 15) is 5.26 Å². The van der Waals surface area contributed by atoms with Crippen LogP contribution in [0.2, 0.25) is 0 Å². The number of benzene rings is 8. The van der Waals surface area contributed by atoms with Gasteiger partial charge in [-0.15, -0.1) is 0 Å². The Morgan fingerprint density at radius 3 is 1.59 bits per heavy atom. The maximum absolute atomic E-state index is 10.9. The monoisotopic (exact) mass is 713 g/mol. The van der Waals surface area contributed by atoms with Crippen LogP contribution in [0.4, 0.5) is 5.69 Å². The molecule has 4 aromatic heterocycles. The van der Waals surface area contributed by atoms with Gasteiger partial charge >= 0.3 is 0 Å². The molecule has 0 aliphatic heterocycles. The lowest BCUT2D eigenvalue weighted by molar-refractivity contribution is 0.673. The fourth-order valence-electron chi connectivity index (χ4n) is 9.19. The summed E-state index contributed by atoms with van der Waals surface area (Å²) < 4.78 is 13.3. The molecule has 0 unspecified atom stereocenters. The predicted molar refractivity (Wildman–Crippen MR) is 228 cm³/mol. The Labute approximate surface area is 319 Å². The number of fused-ring (bicyclic) bond motifs is 13. The molecule has 6 heteroatoms. The third-order valence-corrected chi connectivity index (χ3v) is 11.5. The third kappa shape index (κ3) is 3.97. The highest BCUT2D eigenvalue weighted by molar-refractivity contribution is 6.24. The van der Waals surface area contributed by atoms with Crippen molar-refractivity contribution in [2.75, 3.05) is 0 Å². The molecule has 4 heterocycles. The summed E-state index contributed by atoms with van der Waals surface area (Å²) in [5, 5.41) is 19.5. The van der Waals surface area contributed by atoms with Crippen molar-refractivity contribution in [3.05, 3.63) is 181 Å². The standard InChI is InChI=1S/C50H27N5O/c1-52-40-28-32(26-30(29-51)49(40)55-43-19-9-4-14-35(43)36-15-5-10-20-44(36)55)54-45-24-22-31(53-41-17-7-2-12-33(41)34-13-3-8-18-42(34)53)27-39(45)48-46(54)25-23-38-37-16-6-11-21-47(37)56-50(38)48/h2-28H. The van der Waals surface area contributed by atoms with Crippen molar-refractivity contribution in [2.24, 2.45) is 0 Å². The Kier molecular flexibility index (Phi) is 6.10. The molecule has 12 rings (SSSR count). The number of para-hydroxylation sites is 5. The Bertz CT molecular complexity index is 3600. The summed E-state index contributed by atoms with van der Waals surface area (Å²) in [5.41, 5.74) is 10.8. The van der Waals surface area contributed by atoms with E-state index in [4.69, 9.17) is 11.0 Å². The summed E-state index contributed by atoms with van der Waals surface area (Å²) in [7, 11) is 0. The second-order valence-electron chi connectivity index (χ2n) is 14.3. The second-order valence-corrected chi connectivity index (χ2v) is 14.3. The van der Waals surface area contributed by atoms with E-state index in [1.165, 1.54) is 10.8 Å². The van der Waals surface area contributed by atoms with Crippen molar-refractivity contribution < 1.29 is 4.42 Å². The minimum Gasteiger partial charge on any atom is -0.455 e. The van der Waals surface area contributed by atoms with E-state index in [1.807, 2.05) is 54.6 Å². The van der Waals surface area contributed by atoms with E-state index < -0.39 is 0 Å². The Morgan fingerprint density at radius 2 is 0.982 bits per heavy atom. The molecular formula is C50H27N5O. The largest absolute Gasteiger partial charge is 0.455 e. The van der Waals surface area contributed by atoms with Crippen LogP contribution >= 0.6 is 0 Å². The van der Waals surface area contributed by atoms with Crippen LogP contribution in [-0.2, 0) is 0 Å². The zero-order valence-corrected chi connectivity index (χ0v) is 29.7. The first-order valence-corrected chi connectivity index (χ1v) is 18.5. The van der Waals surface area contributed by atoms with Gasteiger partial charge in [0.25, 0.3) is 0 Å². The maximum atomic E-state index is 10.9. The topological polar surface area (TPSA) is 56.1 Å². The molecule has 0 radical (unpaired) electrons. The Morgan fingerprint density at radius 1 is 0.464 bits per heavy atom. The van der Waals surface area contributed by atoms with E-state index in [2.05, 4.69) is 134 Å². The molecule has 0 fully saturated rings. The minimum absolute atomic E-state index is 0.396. The number of nitriles is 1. The third-order valence-electron chi connectivity index (χ3n) is 11.5. The first kappa shape index (κ1) is 30.4. The van der Waals surface area contributed by atoms with Crippen molar-refractivity contribution in [3.8, 4) is 23.1 Å². The molecule has 12 aromatic rings. The lowest BCUT2D eigenvalue weighted by Crippen LogP contribution is -2.02. The molecule has 6 nitrogen and oxygen atoms in total. The molecule has 0 spiro atoms. The molecule has 258 valence electrons. The van der Waals surface area contributed by atoms with E-state index in [-0.39, 0.29) is 0 Å². The van der Waals surface area contributed by atoms with E-state index >= 15 is 0 Å². The second kappa shape index (κ2) is 11.2. The average molecular weight is 714 g/mol. The molecule has 0 atom stereocenters. The molecule has 0 amide bonds. The number of hydrogen-bond acceptors (Lipinski definition) is 2. The van der Waals surface area contributed by atoms with Crippen LogP contribution in [0.5, 0.6) is 0 Å². The van der Waals surface area contributed by atoms with Crippen LogP contribution in [0, 0.1) is 17.9 Å². The number of rotatable bonds is 3. The number of nitrogens with zero attached hydrogens (tertiary/aromatic N) is 5. The first-order chi connectivity index (χ1) is 27.7. The molecule has 0 aliphatic rings. The molecule has 56 heavy (non-hydrogen) atoms. The van der Waals surface area contributed by atoms with Crippen LogP contribution < -0.4 is 0 Å². The van der Waals surface area contributed by atoms with Crippen LogP contribution in [-0.4, -0.2) is 13.7 Å². The molecule has 0 N–H and O–H groups in total. The van der Waals surface area contributed by atoms with Crippen molar-refractivity contribution >= 4 is 93.0 Å². The van der Waals surface area contributed by atoms with Crippen LogP contribution in [0.25, 0.3) is 109 Å². The first-order valence-electron chi connectivity index (χ1n) is 18.5. The van der Waals surface area contributed by atoms with E-state index in [0.717, 1.165) is 88.0 Å². The van der Waals surface area contributed by atoms with Gasteiger partial charge < -0.3 is 18.1 Å². The molecule has 8 aromatic carbocycles. The van der Waals surface area contributed by atoms with Gasteiger partial charge in [0, 0.05) is 49.1 Å². The lowest BCUT2D eigenvalue weighted by Gasteiger charge is -2.16. The van der Waals surface area contributed by atoms with Crippen molar-refractivity contribution in [2.45, 2.75) is 0 Å². The van der Waals surface area contributed by atoms with E-state index in [1.54, 1.807) is 0 Å². The summed E-state index contributed by atoms with van der Waals surface area (Å²) in [6, 6.07) is 58.8. The van der Waals surface area contributed by atoms with Gasteiger partial charge in [0.15, 0.2) is 0 Å². The highest BCUT2D eigenvalue weighted by Crippen LogP contribution is 2.44. The van der Waals surface area contributed by atoms with Crippen molar-refractivity contribution in [1.29, 1.82) is 5.26 Å². The zero-order valence-electron chi connectivity index (χ0n) is 29.7. The van der Waals surface area contributed by atoms with Crippen molar-refractivity contribution in [3.63, 3.8) is 0 Å². The Balaban J connectivity index is 1.19. The van der Waals surface area contributed by atoms with Crippen LogP contribution in [0.15, 0.2) is 168 Å². The van der Waals surface area contributed by atoms with Crippen LogP contribution in [0.3, 0.4) is 0 Å². The fraction of sp³-hybridized carbons (Fsp3) is 0. The lowest BCUT2D eigenvalue weighted by atomic mass is 10.1. The molecule has 0 aliphatic carbocycles. The van der Waals surface area contributed by atoms with E-state index in [0.29, 0.717) is 16.9 Å². The van der Waals surface area contributed by atoms with Gasteiger partial charge in [-0.2, -0.15) is 5.26 Å². The molecule has 0 saturated carbocycles. The molecular weight excluding hydrogens is 687 g/mol. The van der Waals surface area contributed by atoms with Gasteiger partial charge in [-0.25, -0.2) is 4.85 Å². The number of hydrogen-bond donors (Lipinski definition) is 0. The molecule has 0 bridgehead atoms. The Hall–Kier alpha value is -8.06. The van der Waals surface area contributed by atoms with Gasteiger partial charge in [0.05, 0.1) is 56.3 Å². The summed E-state index contributed by atoms with van der Waals surface area (Å²) in [6.07, 6.45) is 0. The highest BCUT2D eigenvalue weighted by Gasteiger charge is 2.24. The smallest absolute Gasteiger partial charge is 0.214 e. The van der Waals surface area contributed by atoms with Crippen LogP contribution in [0.1, 0.15) is 5.56 Å². The van der Waals surface area contributed by atoms with Crippen molar-refractivity contribution in [1.82, 2.24) is 13.7 Å². The van der Waals surface area contributed by atoms with Gasteiger partial charge in [-0.05, 0) is 72.8 Å². The van der Waals surface area contributed by atoms with Gasteiger partial charge in [0.2, 0.25) is 5.69 Å².